The second-order valence-corrected chi connectivity index (χ2v) is 7.85. The highest BCUT2D eigenvalue weighted by Crippen LogP contribution is 2.33. The Kier molecular flexibility index (Phi) is 7.00. The molecule has 0 spiro atoms. The van der Waals surface area contributed by atoms with Gasteiger partial charge in [-0.2, -0.15) is 4.42 Å². The highest BCUT2D eigenvalue weighted by molar-refractivity contribution is 7.13. The van der Waals surface area contributed by atoms with Gasteiger partial charge < -0.3 is 0 Å². The van der Waals surface area contributed by atoms with Crippen LogP contribution in [0.15, 0.2) is 88.7 Å². The van der Waals surface area contributed by atoms with Gasteiger partial charge in [-0.05, 0) is 58.9 Å². The molecule has 0 saturated heterocycles. The average Bonchev–Trinajstić information content (AvgIpc) is 3.18. The molecule has 0 amide bonds. The first-order chi connectivity index (χ1) is 13.8. The first-order valence-corrected chi connectivity index (χ1v) is 10.7. The van der Waals surface area contributed by atoms with E-state index in [4.69, 9.17) is 34.7 Å². The van der Waals surface area contributed by atoms with Gasteiger partial charge in [0.05, 0.1) is 11.1 Å². The maximum atomic E-state index is 8.49. The van der Waals surface area contributed by atoms with Crippen molar-refractivity contribution in [3.05, 3.63) is 89.3 Å². The molecule has 8 heteroatoms. The molecule has 0 atom stereocenters. The van der Waals surface area contributed by atoms with Crippen molar-refractivity contribution in [1.29, 1.82) is 0 Å². The van der Waals surface area contributed by atoms with E-state index < -0.39 is 10.2 Å². The SMILES string of the molecule is Clc1ccc(-c2[o+]c(-c3ccc(-c4ccccc4)cc3)cs2)cc1.[O-][Cl+3]([O-])([O-])[O-]. The molecule has 3 aromatic carbocycles. The molecule has 0 N–H and O–H groups in total. The molecule has 0 radical (unpaired) electrons. The van der Waals surface area contributed by atoms with Crippen molar-refractivity contribution in [2.45, 2.75) is 0 Å². The average molecular weight is 449 g/mol. The lowest BCUT2D eigenvalue weighted by molar-refractivity contribution is -2.00. The van der Waals surface area contributed by atoms with Crippen LogP contribution in [-0.4, -0.2) is 0 Å². The zero-order chi connectivity index (χ0) is 20.9. The number of rotatable bonds is 3. The van der Waals surface area contributed by atoms with E-state index in [0.717, 1.165) is 27.0 Å². The molecule has 0 unspecified atom stereocenters. The molecule has 1 heterocycles. The summed E-state index contributed by atoms with van der Waals surface area (Å²) in [7, 11) is -4.94. The molecule has 0 fully saturated rings. The van der Waals surface area contributed by atoms with Crippen molar-refractivity contribution in [1.82, 2.24) is 0 Å². The minimum atomic E-state index is -4.94. The predicted octanol–water partition coefficient (Wildman–Crippen LogP) is 2.52. The Hall–Kier alpha value is -2.29. The highest BCUT2D eigenvalue weighted by Gasteiger charge is 2.20. The number of benzene rings is 3. The lowest BCUT2D eigenvalue weighted by Crippen LogP contribution is -2.68. The molecule has 148 valence electrons. The number of hydrogen-bond acceptors (Lipinski definition) is 5. The first kappa shape index (κ1) is 21.4. The fraction of sp³-hybridized carbons (Fsp3) is 0. The molecule has 4 aromatic rings. The normalized spacial score (nSPS) is 10.9. The molecule has 1 aromatic heterocycles. The smallest absolute Gasteiger partial charge is 0.222 e. The minimum absolute atomic E-state index is 0.729. The van der Waals surface area contributed by atoms with Crippen molar-refractivity contribution in [2.24, 2.45) is 0 Å². The second-order valence-electron chi connectivity index (χ2n) is 5.82. The fourth-order valence-electron chi connectivity index (χ4n) is 2.55. The molecule has 5 nitrogen and oxygen atoms in total. The van der Waals surface area contributed by atoms with Gasteiger partial charge in [-0.1, -0.05) is 54.1 Å². The summed E-state index contributed by atoms with van der Waals surface area (Å²) < 4.78 is 40.0. The van der Waals surface area contributed by atoms with E-state index in [9.17, 15) is 0 Å². The van der Waals surface area contributed by atoms with Crippen LogP contribution in [0, 0.1) is 10.2 Å². The first-order valence-electron chi connectivity index (χ1n) is 8.25. The molecule has 0 saturated carbocycles. The van der Waals surface area contributed by atoms with Gasteiger partial charge in [0.15, 0.2) is 0 Å². The topological polar surface area (TPSA) is 104 Å². The Balaban J connectivity index is 0.000000431. The van der Waals surface area contributed by atoms with Crippen LogP contribution in [0.25, 0.3) is 33.1 Å². The van der Waals surface area contributed by atoms with Crippen molar-refractivity contribution in [3.63, 3.8) is 0 Å². The third-order valence-corrected chi connectivity index (χ3v) is 4.95. The molecule has 29 heavy (non-hydrogen) atoms. The van der Waals surface area contributed by atoms with E-state index in [-0.39, 0.29) is 0 Å². The van der Waals surface area contributed by atoms with Gasteiger partial charge in [0.25, 0.3) is 0 Å². The lowest BCUT2D eigenvalue weighted by atomic mass is 10.0. The zero-order valence-electron chi connectivity index (χ0n) is 14.8. The van der Waals surface area contributed by atoms with Gasteiger partial charge in [-0.15, -0.1) is 10.2 Å². The van der Waals surface area contributed by atoms with Crippen molar-refractivity contribution >= 4 is 22.9 Å². The van der Waals surface area contributed by atoms with E-state index in [1.54, 1.807) is 11.3 Å². The lowest BCUT2D eigenvalue weighted by Gasteiger charge is -2.17. The van der Waals surface area contributed by atoms with Gasteiger partial charge >= 0.3 is 10.8 Å². The summed E-state index contributed by atoms with van der Waals surface area (Å²) in [6.07, 6.45) is 0. The maximum absolute atomic E-state index is 8.49. The Morgan fingerprint density at radius 1 is 0.655 bits per heavy atom. The van der Waals surface area contributed by atoms with Crippen LogP contribution in [0.5, 0.6) is 0 Å². The predicted molar refractivity (Wildman–Crippen MR) is 102 cm³/mol. The Labute approximate surface area is 178 Å². The molecule has 0 aliphatic rings. The van der Waals surface area contributed by atoms with Gasteiger partial charge in [0.2, 0.25) is 0 Å². The quantitative estimate of drug-likeness (QED) is 0.447. The van der Waals surface area contributed by atoms with Crippen molar-refractivity contribution in [3.8, 4) is 33.1 Å². The Morgan fingerprint density at radius 2 is 1.14 bits per heavy atom. The van der Waals surface area contributed by atoms with Gasteiger partial charge in [-0.3, -0.25) is 0 Å². The standard InChI is InChI=1S/C21H14ClOS.ClHO4/c22-19-12-10-18(11-13-19)21-23-20(14-24-21)17-8-6-16(7-9-17)15-4-2-1-3-5-15;2-1(3,4)5/h1-14H;(H,2,3,4,5)/q+1;/p-1. The molecule has 0 bridgehead atoms. The summed E-state index contributed by atoms with van der Waals surface area (Å²) in [5.74, 6) is 0.879. The fourth-order valence-corrected chi connectivity index (χ4v) is 3.49. The zero-order valence-corrected chi connectivity index (χ0v) is 17.1. The molecule has 0 aliphatic carbocycles. The molecular weight excluding hydrogens is 435 g/mol. The van der Waals surface area contributed by atoms with E-state index >= 15 is 0 Å². The van der Waals surface area contributed by atoms with Crippen LogP contribution in [0.4, 0.5) is 0 Å². The Bertz CT molecular complexity index is 1040. The van der Waals surface area contributed by atoms with Crippen molar-refractivity contribution < 1.29 is 33.3 Å². The van der Waals surface area contributed by atoms with Gasteiger partial charge in [0.1, 0.15) is 5.38 Å². The van der Waals surface area contributed by atoms with Crippen LogP contribution >= 0.6 is 22.9 Å². The van der Waals surface area contributed by atoms with E-state index in [2.05, 4.69) is 48.5 Å². The second kappa shape index (κ2) is 9.47. The van der Waals surface area contributed by atoms with Gasteiger partial charge in [-0.25, -0.2) is 18.6 Å². The molecular formula is C21H14Cl2O5S. The maximum Gasteiger partial charge on any atom is 0.417 e. The minimum Gasteiger partial charge on any atom is -0.222 e. The molecule has 4 rings (SSSR count). The van der Waals surface area contributed by atoms with Crippen LogP contribution in [0.2, 0.25) is 5.02 Å². The summed E-state index contributed by atoms with van der Waals surface area (Å²) in [5.41, 5.74) is 4.53. The summed E-state index contributed by atoms with van der Waals surface area (Å²) >= 11 is 7.53. The third kappa shape index (κ3) is 6.62. The van der Waals surface area contributed by atoms with Crippen LogP contribution in [0.3, 0.4) is 0 Å². The molecule has 0 aliphatic heterocycles. The Morgan fingerprint density at radius 3 is 1.72 bits per heavy atom. The summed E-state index contributed by atoms with van der Waals surface area (Å²) in [4.78, 5) is 0. The van der Waals surface area contributed by atoms with Crippen LogP contribution in [-0.2, 0) is 0 Å². The number of hydrogen-bond donors (Lipinski definition) is 0. The summed E-state index contributed by atoms with van der Waals surface area (Å²) in [6.45, 7) is 0. The highest BCUT2D eigenvalue weighted by atomic mass is 35.7. The van der Waals surface area contributed by atoms with E-state index in [0.29, 0.717) is 0 Å². The van der Waals surface area contributed by atoms with Crippen LogP contribution < -0.4 is 18.6 Å². The third-order valence-electron chi connectivity index (χ3n) is 3.83. The van der Waals surface area contributed by atoms with E-state index in [1.807, 2.05) is 35.7 Å². The van der Waals surface area contributed by atoms with E-state index in [1.165, 1.54) is 11.1 Å². The van der Waals surface area contributed by atoms with Crippen LogP contribution in [0.1, 0.15) is 0 Å². The number of halogens is 2. The van der Waals surface area contributed by atoms with Gasteiger partial charge in [0, 0.05) is 5.02 Å². The summed E-state index contributed by atoms with van der Waals surface area (Å²) in [6, 6.07) is 26.5. The summed E-state index contributed by atoms with van der Waals surface area (Å²) in [5, 5.41) is 3.66. The largest absolute Gasteiger partial charge is 0.417 e. The van der Waals surface area contributed by atoms with Crippen molar-refractivity contribution in [2.75, 3.05) is 0 Å². The monoisotopic (exact) mass is 448 g/mol.